The van der Waals surface area contributed by atoms with Crippen molar-refractivity contribution in [1.82, 2.24) is 9.97 Å². The molecule has 0 aliphatic rings. The Labute approximate surface area is 114 Å². The number of rotatable bonds is 3. The molecule has 0 aliphatic carbocycles. The van der Waals surface area contributed by atoms with E-state index in [4.69, 9.17) is 21.4 Å². The number of benzene rings is 1. The molecule has 1 heterocycles. The second-order valence-corrected chi connectivity index (χ2v) is 3.77. The Bertz CT molecular complexity index is 590. The topological polar surface area (TPSA) is 72.3 Å². The SMILES string of the molecule is COc1cc2ncnc(Cl)c2cc1CC(=O)O.Cl. The minimum Gasteiger partial charge on any atom is -0.496 e. The summed E-state index contributed by atoms with van der Waals surface area (Å²) in [4.78, 5) is 18.6. The lowest BCUT2D eigenvalue weighted by Crippen LogP contribution is -2.02. The van der Waals surface area contributed by atoms with Gasteiger partial charge in [0, 0.05) is 17.0 Å². The molecule has 0 spiro atoms. The molecule has 5 nitrogen and oxygen atoms in total. The Kier molecular flexibility index (Phi) is 4.69. The summed E-state index contributed by atoms with van der Waals surface area (Å²) in [7, 11) is 1.48. The number of ether oxygens (including phenoxy) is 1. The van der Waals surface area contributed by atoms with E-state index in [-0.39, 0.29) is 18.8 Å². The fourth-order valence-electron chi connectivity index (χ4n) is 1.59. The van der Waals surface area contributed by atoms with Gasteiger partial charge in [0.05, 0.1) is 19.0 Å². The Morgan fingerprint density at radius 1 is 1.44 bits per heavy atom. The maximum atomic E-state index is 10.7. The first-order chi connectivity index (χ1) is 8.11. The standard InChI is InChI=1S/C11H9ClN2O3.ClH/c1-17-9-4-8-7(11(12)14-5-13-8)2-6(9)3-10(15)16;/h2,4-5H,3H2,1H3,(H,15,16);1H. The molecule has 1 aromatic heterocycles. The van der Waals surface area contributed by atoms with Gasteiger partial charge < -0.3 is 9.84 Å². The van der Waals surface area contributed by atoms with Gasteiger partial charge in [0.2, 0.25) is 0 Å². The zero-order chi connectivity index (χ0) is 12.4. The van der Waals surface area contributed by atoms with E-state index >= 15 is 0 Å². The zero-order valence-electron chi connectivity index (χ0n) is 9.38. The molecular formula is C11H10Cl2N2O3. The second-order valence-electron chi connectivity index (χ2n) is 3.42. The van der Waals surface area contributed by atoms with E-state index in [1.807, 2.05) is 0 Å². The largest absolute Gasteiger partial charge is 0.496 e. The van der Waals surface area contributed by atoms with Crippen LogP contribution in [-0.2, 0) is 11.2 Å². The Balaban J connectivity index is 0.00000162. The van der Waals surface area contributed by atoms with Gasteiger partial charge in [0.1, 0.15) is 17.2 Å². The Morgan fingerprint density at radius 3 is 2.78 bits per heavy atom. The number of hydrogen-bond acceptors (Lipinski definition) is 4. The first kappa shape index (κ1) is 14.5. The van der Waals surface area contributed by atoms with Gasteiger partial charge in [0.25, 0.3) is 0 Å². The molecule has 0 saturated heterocycles. The smallest absolute Gasteiger partial charge is 0.307 e. The maximum Gasteiger partial charge on any atom is 0.307 e. The summed E-state index contributed by atoms with van der Waals surface area (Å²) in [6.07, 6.45) is 1.21. The molecule has 96 valence electrons. The summed E-state index contributed by atoms with van der Waals surface area (Å²) in [5.74, 6) is -0.453. The lowest BCUT2D eigenvalue weighted by atomic mass is 10.1. The molecule has 0 radical (unpaired) electrons. The van der Waals surface area contributed by atoms with Gasteiger partial charge >= 0.3 is 5.97 Å². The van der Waals surface area contributed by atoms with Crippen molar-refractivity contribution in [2.24, 2.45) is 0 Å². The predicted molar refractivity (Wildman–Crippen MR) is 69.7 cm³/mol. The number of carboxylic acids is 1. The van der Waals surface area contributed by atoms with Crippen LogP contribution in [0.1, 0.15) is 5.56 Å². The van der Waals surface area contributed by atoms with Crippen LogP contribution in [0.2, 0.25) is 5.15 Å². The van der Waals surface area contributed by atoms with E-state index in [0.29, 0.717) is 27.4 Å². The van der Waals surface area contributed by atoms with Crippen LogP contribution in [-0.4, -0.2) is 28.2 Å². The number of aromatic nitrogens is 2. The molecule has 2 rings (SSSR count). The molecule has 1 N–H and O–H groups in total. The summed E-state index contributed by atoms with van der Waals surface area (Å²) in [6, 6.07) is 3.30. The van der Waals surface area contributed by atoms with Crippen molar-refractivity contribution in [2.75, 3.05) is 7.11 Å². The van der Waals surface area contributed by atoms with Crippen molar-refractivity contribution in [1.29, 1.82) is 0 Å². The summed E-state index contributed by atoms with van der Waals surface area (Å²) < 4.78 is 5.13. The fourth-order valence-corrected chi connectivity index (χ4v) is 1.78. The van der Waals surface area contributed by atoms with Gasteiger partial charge in [-0.15, -0.1) is 12.4 Å². The molecule has 0 fully saturated rings. The van der Waals surface area contributed by atoms with E-state index in [1.165, 1.54) is 13.4 Å². The monoisotopic (exact) mass is 288 g/mol. The van der Waals surface area contributed by atoms with E-state index < -0.39 is 5.97 Å². The van der Waals surface area contributed by atoms with Crippen LogP contribution in [0.25, 0.3) is 10.9 Å². The summed E-state index contributed by atoms with van der Waals surface area (Å²) in [6.45, 7) is 0. The average molecular weight is 289 g/mol. The number of nitrogens with zero attached hydrogens (tertiary/aromatic N) is 2. The molecule has 0 saturated carbocycles. The van der Waals surface area contributed by atoms with Crippen LogP contribution in [0.15, 0.2) is 18.5 Å². The molecule has 0 unspecified atom stereocenters. The first-order valence-electron chi connectivity index (χ1n) is 4.80. The number of carbonyl (C=O) groups is 1. The van der Waals surface area contributed by atoms with Crippen molar-refractivity contribution < 1.29 is 14.6 Å². The van der Waals surface area contributed by atoms with E-state index in [2.05, 4.69) is 9.97 Å². The van der Waals surface area contributed by atoms with Crippen molar-refractivity contribution in [3.8, 4) is 5.75 Å². The summed E-state index contributed by atoms with van der Waals surface area (Å²) in [5, 5.41) is 9.72. The van der Waals surface area contributed by atoms with Crippen molar-refractivity contribution in [2.45, 2.75) is 6.42 Å². The van der Waals surface area contributed by atoms with E-state index in [9.17, 15) is 4.79 Å². The average Bonchev–Trinajstić information content (AvgIpc) is 2.29. The fraction of sp³-hybridized carbons (Fsp3) is 0.182. The highest BCUT2D eigenvalue weighted by molar-refractivity contribution is 6.34. The van der Waals surface area contributed by atoms with Crippen LogP contribution in [0.3, 0.4) is 0 Å². The summed E-state index contributed by atoms with van der Waals surface area (Å²) in [5.41, 5.74) is 1.17. The van der Waals surface area contributed by atoms with Gasteiger partial charge in [0.15, 0.2) is 0 Å². The lowest BCUT2D eigenvalue weighted by Gasteiger charge is -2.08. The third-order valence-corrected chi connectivity index (χ3v) is 2.63. The van der Waals surface area contributed by atoms with Crippen LogP contribution < -0.4 is 4.74 Å². The predicted octanol–water partition coefficient (Wildman–Crippen LogP) is 2.34. The zero-order valence-corrected chi connectivity index (χ0v) is 11.0. The van der Waals surface area contributed by atoms with Crippen molar-refractivity contribution in [3.63, 3.8) is 0 Å². The number of halogens is 2. The molecule has 0 bridgehead atoms. The molecular weight excluding hydrogens is 279 g/mol. The highest BCUT2D eigenvalue weighted by atomic mass is 35.5. The number of hydrogen-bond donors (Lipinski definition) is 1. The highest BCUT2D eigenvalue weighted by Crippen LogP contribution is 2.28. The quantitative estimate of drug-likeness (QED) is 0.878. The maximum absolute atomic E-state index is 10.7. The summed E-state index contributed by atoms with van der Waals surface area (Å²) >= 11 is 5.92. The van der Waals surface area contributed by atoms with Crippen molar-refractivity contribution in [3.05, 3.63) is 29.2 Å². The molecule has 2 aromatic rings. The normalized spacial score (nSPS) is 9.89. The number of fused-ring (bicyclic) bond motifs is 1. The molecule has 18 heavy (non-hydrogen) atoms. The first-order valence-corrected chi connectivity index (χ1v) is 5.18. The van der Waals surface area contributed by atoms with Crippen LogP contribution in [0.5, 0.6) is 5.75 Å². The van der Waals surface area contributed by atoms with Crippen LogP contribution >= 0.6 is 24.0 Å². The molecule has 7 heteroatoms. The lowest BCUT2D eigenvalue weighted by molar-refractivity contribution is -0.136. The Hall–Kier alpha value is -1.59. The van der Waals surface area contributed by atoms with Crippen molar-refractivity contribution >= 4 is 40.9 Å². The van der Waals surface area contributed by atoms with Gasteiger partial charge in [-0.2, -0.15) is 0 Å². The second kappa shape index (κ2) is 5.84. The van der Waals surface area contributed by atoms with Gasteiger partial charge in [-0.05, 0) is 6.07 Å². The Morgan fingerprint density at radius 2 is 2.17 bits per heavy atom. The highest BCUT2D eigenvalue weighted by Gasteiger charge is 2.11. The molecule has 0 amide bonds. The van der Waals surface area contributed by atoms with Crippen LogP contribution in [0.4, 0.5) is 0 Å². The molecule has 1 aromatic carbocycles. The number of aliphatic carboxylic acids is 1. The minimum atomic E-state index is -0.935. The number of methoxy groups -OCH3 is 1. The molecule has 0 atom stereocenters. The minimum absolute atomic E-state index is 0. The third kappa shape index (κ3) is 2.80. The third-order valence-electron chi connectivity index (χ3n) is 2.33. The van der Waals surface area contributed by atoms with Gasteiger partial charge in [-0.3, -0.25) is 4.79 Å². The van der Waals surface area contributed by atoms with E-state index in [1.54, 1.807) is 12.1 Å². The van der Waals surface area contributed by atoms with Gasteiger partial charge in [-0.25, -0.2) is 9.97 Å². The molecule has 0 aliphatic heterocycles. The van der Waals surface area contributed by atoms with E-state index in [0.717, 1.165) is 0 Å². The number of carboxylic acid groups (broad SMARTS) is 1. The van der Waals surface area contributed by atoms with Crippen LogP contribution in [0, 0.1) is 0 Å². The van der Waals surface area contributed by atoms with Gasteiger partial charge in [-0.1, -0.05) is 11.6 Å².